The Kier molecular flexibility index (Phi) is 4.47. The van der Waals surface area contributed by atoms with Crippen molar-refractivity contribution in [3.63, 3.8) is 0 Å². The molecule has 0 radical (unpaired) electrons. The van der Waals surface area contributed by atoms with Crippen LogP contribution in [0.3, 0.4) is 0 Å². The van der Waals surface area contributed by atoms with Crippen molar-refractivity contribution in [1.82, 2.24) is 5.32 Å². The third-order valence-electron chi connectivity index (χ3n) is 2.37. The zero-order chi connectivity index (χ0) is 13.1. The van der Waals surface area contributed by atoms with Gasteiger partial charge in [-0.25, -0.2) is 13.2 Å². The first kappa shape index (κ1) is 13.9. The average molecular weight is 265 g/mol. The van der Waals surface area contributed by atoms with Gasteiger partial charge in [-0.15, -0.1) is 0 Å². The first-order chi connectivity index (χ1) is 7.88. The summed E-state index contributed by atoms with van der Waals surface area (Å²) in [6.45, 7) is 2.04. The molecule has 1 fully saturated rings. The van der Waals surface area contributed by atoms with Crippen molar-refractivity contribution in [2.75, 3.05) is 12.4 Å². The molecule has 0 aromatic rings. The predicted octanol–water partition coefficient (Wildman–Crippen LogP) is -0.873. The minimum atomic E-state index is -3.78. The number of carboxylic acid groups (broad SMARTS) is 1. The molecule has 98 valence electrons. The van der Waals surface area contributed by atoms with Crippen molar-refractivity contribution < 1.29 is 27.9 Å². The van der Waals surface area contributed by atoms with E-state index in [4.69, 9.17) is 9.84 Å². The molecule has 0 spiro atoms. The maximum Gasteiger partial charge on any atom is 0.339 e. The van der Waals surface area contributed by atoms with E-state index in [1.165, 1.54) is 0 Å². The van der Waals surface area contributed by atoms with Gasteiger partial charge in [-0.05, 0) is 6.42 Å². The lowest BCUT2D eigenvalue weighted by Crippen LogP contribution is -2.42. The Morgan fingerprint density at radius 2 is 2.12 bits per heavy atom. The zero-order valence-electron chi connectivity index (χ0n) is 9.38. The van der Waals surface area contributed by atoms with Crippen molar-refractivity contribution >= 4 is 21.8 Å². The monoisotopic (exact) mass is 265 g/mol. The Balaban J connectivity index is 2.64. The molecule has 1 rings (SSSR count). The average Bonchev–Trinajstić information content (AvgIpc) is 2.54. The van der Waals surface area contributed by atoms with Crippen LogP contribution in [0.2, 0.25) is 0 Å². The SMILES string of the molecule is CCCCOC(=O)C1NC(C(=O)O)CS1(=O)=O. The van der Waals surface area contributed by atoms with E-state index in [9.17, 15) is 18.0 Å². The van der Waals surface area contributed by atoms with Gasteiger partial charge in [-0.3, -0.25) is 10.1 Å². The van der Waals surface area contributed by atoms with E-state index in [2.05, 4.69) is 5.32 Å². The summed E-state index contributed by atoms with van der Waals surface area (Å²) in [6, 6.07) is -1.25. The van der Waals surface area contributed by atoms with Crippen molar-refractivity contribution in [3.8, 4) is 0 Å². The van der Waals surface area contributed by atoms with Crippen LogP contribution in [0, 0.1) is 0 Å². The summed E-state index contributed by atoms with van der Waals surface area (Å²) in [6.07, 6.45) is 1.46. The summed E-state index contributed by atoms with van der Waals surface area (Å²) >= 11 is 0. The van der Waals surface area contributed by atoms with Crippen LogP contribution >= 0.6 is 0 Å². The Labute approximate surface area is 99.1 Å². The second-order valence-corrected chi connectivity index (χ2v) is 5.92. The predicted molar refractivity (Wildman–Crippen MR) is 58.0 cm³/mol. The van der Waals surface area contributed by atoms with Crippen LogP contribution in [0.4, 0.5) is 0 Å². The Morgan fingerprint density at radius 1 is 1.47 bits per heavy atom. The molecule has 1 aliphatic heterocycles. The van der Waals surface area contributed by atoms with Gasteiger partial charge in [0.1, 0.15) is 6.04 Å². The molecule has 0 aliphatic carbocycles. The fraction of sp³-hybridized carbons (Fsp3) is 0.778. The van der Waals surface area contributed by atoms with Crippen LogP contribution < -0.4 is 5.32 Å². The molecule has 1 heterocycles. The third kappa shape index (κ3) is 3.40. The molecular weight excluding hydrogens is 250 g/mol. The smallest absolute Gasteiger partial charge is 0.339 e. The number of hydrogen-bond acceptors (Lipinski definition) is 6. The van der Waals surface area contributed by atoms with Crippen molar-refractivity contribution in [2.24, 2.45) is 0 Å². The first-order valence-corrected chi connectivity index (χ1v) is 6.97. The van der Waals surface area contributed by atoms with Gasteiger partial charge < -0.3 is 9.84 Å². The molecule has 2 atom stereocenters. The Bertz CT molecular complexity index is 404. The molecule has 0 aromatic heterocycles. The van der Waals surface area contributed by atoms with Crippen molar-refractivity contribution in [2.45, 2.75) is 31.2 Å². The van der Waals surface area contributed by atoms with Crippen LogP contribution in [0.25, 0.3) is 0 Å². The standard InChI is InChI=1S/C9H15NO6S/c1-2-3-4-16-9(13)7-10-6(8(11)12)5-17(7,14)15/h6-7,10H,2-5H2,1H3,(H,11,12). The van der Waals surface area contributed by atoms with Gasteiger partial charge in [-0.2, -0.15) is 0 Å². The molecule has 0 amide bonds. The van der Waals surface area contributed by atoms with E-state index in [-0.39, 0.29) is 6.61 Å². The van der Waals surface area contributed by atoms with Gasteiger partial charge in [0.25, 0.3) is 0 Å². The second-order valence-electron chi connectivity index (χ2n) is 3.79. The number of hydrogen-bond donors (Lipinski definition) is 2. The number of unbranched alkanes of at least 4 members (excludes halogenated alkanes) is 1. The van der Waals surface area contributed by atoms with Crippen LogP contribution in [0.1, 0.15) is 19.8 Å². The van der Waals surface area contributed by atoms with Gasteiger partial charge in [0.2, 0.25) is 5.37 Å². The van der Waals surface area contributed by atoms with Crippen molar-refractivity contribution in [3.05, 3.63) is 0 Å². The molecule has 7 nitrogen and oxygen atoms in total. The number of carbonyl (C=O) groups excluding carboxylic acids is 1. The highest BCUT2D eigenvalue weighted by Gasteiger charge is 2.46. The molecule has 0 saturated carbocycles. The lowest BCUT2D eigenvalue weighted by Gasteiger charge is -2.10. The van der Waals surface area contributed by atoms with E-state index in [0.29, 0.717) is 6.42 Å². The summed E-state index contributed by atoms with van der Waals surface area (Å²) in [7, 11) is -3.78. The summed E-state index contributed by atoms with van der Waals surface area (Å²) in [5.41, 5.74) is 0. The highest BCUT2D eigenvalue weighted by molar-refractivity contribution is 7.93. The van der Waals surface area contributed by atoms with Gasteiger partial charge >= 0.3 is 11.9 Å². The zero-order valence-corrected chi connectivity index (χ0v) is 10.2. The summed E-state index contributed by atoms with van der Waals surface area (Å²) in [5, 5.41) is 9.37. The van der Waals surface area contributed by atoms with Gasteiger partial charge in [0, 0.05) is 0 Å². The Hall–Kier alpha value is -1.15. The molecule has 1 saturated heterocycles. The highest BCUT2D eigenvalue weighted by atomic mass is 32.2. The molecular formula is C9H15NO6S. The van der Waals surface area contributed by atoms with Crippen LogP contribution in [0.5, 0.6) is 0 Å². The number of carboxylic acids is 1. The number of carbonyl (C=O) groups is 2. The first-order valence-electron chi connectivity index (χ1n) is 5.25. The molecule has 0 aromatic carbocycles. The number of nitrogens with one attached hydrogen (secondary N) is 1. The summed E-state index contributed by atoms with van der Waals surface area (Å²) in [5.74, 6) is -2.81. The quantitative estimate of drug-likeness (QED) is 0.491. The normalized spacial score (nSPS) is 26.6. The fourth-order valence-electron chi connectivity index (χ4n) is 1.41. The molecule has 0 bridgehead atoms. The van der Waals surface area contributed by atoms with E-state index in [1.54, 1.807) is 0 Å². The summed E-state index contributed by atoms with van der Waals surface area (Å²) < 4.78 is 27.8. The van der Waals surface area contributed by atoms with E-state index < -0.39 is 38.9 Å². The topological polar surface area (TPSA) is 110 Å². The maximum absolute atomic E-state index is 11.5. The van der Waals surface area contributed by atoms with E-state index in [0.717, 1.165) is 6.42 Å². The van der Waals surface area contributed by atoms with Gasteiger partial charge in [0.05, 0.1) is 12.4 Å². The maximum atomic E-state index is 11.5. The van der Waals surface area contributed by atoms with E-state index in [1.807, 2.05) is 6.92 Å². The molecule has 1 aliphatic rings. The summed E-state index contributed by atoms with van der Waals surface area (Å²) in [4.78, 5) is 22.1. The van der Waals surface area contributed by atoms with Crippen LogP contribution in [-0.2, 0) is 24.2 Å². The molecule has 17 heavy (non-hydrogen) atoms. The molecule has 8 heteroatoms. The number of esters is 1. The fourth-order valence-corrected chi connectivity index (χ4v) is 3.04. The number of aliphatic carboxylic acids is 1. The van der Waals surface area contributed by atoms with Gasteiger partial charge in [0.15, 0.2) is 9.84 Å². The number of ether oxygens (including phenoxy) is 1. The minimum Gasteiger partial charge on any atom is -0.480 e. The molecule has 2 N–H and O–H groups in total. The van der Waals surface area contributed by atoms with Crippen molar-refractivity contribution in [1.29, 1.82) is 0 Å². The van der Waals surface area contributed by atoms with Crippen LogP contribution in [0.15, 0.2) is 0 Å². The second kappa shape index (κ2) is 5.46. The Morgan fingerprint density at radius 3 is 2.59 bits per heavy atom. The van der Waals surface area contributed by atoms with Crippen LogP contribution in [-0.4, -0.2) is 49.2 Å². The van der Waals surface area contributed by atoms with E-state index >= 15 is 0 Å². The number of sulfone groups is 1. The van der Waals surface area contributed by atoms with Gasteiger partial charge in [-0.1, -0.05) is 13.3 Å². The lowest BCUT2D eigenvalue weighted by atomic mass is 10.3. The lowest BCUT2D eigenvalue weighted by molar-refractivity contribution is -0.144. The highest BCUT2D eigenvalue weighted by Crippen LogP contribution is 2.13. The molecule has 2 unspecified atom stereocenters. The minimum absolute atomic E-state index is 0.140. The number of rotatable bonds is 5. The largest absolute Gasteiger partial charge is 0.480 e. The third-order valence-corrected chi connectivity index (χ3v) is 4.21.